The van der Waals surface area contributed by atoms with Gasteiger partial charge in [0.25, 0.3) is 0 Å². The molecule has 0 spiro atoms. The van der Waals surface area contributed by atoms with Crippen LogP contribution in [0.3, 0.4) is 0 Å². The maximum Gasteiger partial charge on any atom is 0.172 e. The molecule has 1 heterocycles. The van der Waals surface area contributed by atoms with E-state index in [1.54, 1.807) is 6.92 Å². The fourth-order valence-electron chi connectivity index (χ4n) is 3.39. The Labute approximate surface area is 154 Å². The Hall–Kier alpha value is -0.200. The zero-order valence-corrected chi connectivity index (χ0v) is 17.4. The molecule has 1 N–H and O–H groups in total. The van der Waals surface area contributed by atoms with Crippen molar-refractivity contribution in [2.45, 2.75) is 116 Å². The third-order valence-corrected chi connectivity index (χ3v) is 5.60. The first kappa shape index (κ1) is 22.8. The first-order valence-corrected chi connectivity index (χ1v) is 9.97. The van der Waals surface area contributed by atoms with Crippen LogP contribution in [0.1, 0.15) is 87.0 Å². The van der Waals surface area contributed by atoms with Crippen molar-refractivity contribution in [3.8, 4) is 0 Å². The second-order valence-electron chi connectivity index (χ2n) is 7.75. The third-order valence-electron chi connectivity index (χ3n) is 5.60. The minimum absolute atomic E-state index is 0.292. The minimum Gasteiger partial charge on any atom is -0.391 e. The Kier molecular flexibility index (Phi) is 8.82. The van der Waals surface area contributed by atoms with E-state index in [4.69, 9.17) is 18.9 Å². The van der Waals surface area contributed by atoms with Crippen LogP contribution in [0.5, 0.6) is 0 Å². The van der Waals surface area contributed by atoms with Crippen molar-refractivity contribution in [2.75, 3.05) is 13.2 Å². The minimum atomic E-state index is -0.634. The fourth-order valence-corrected chi connectivity index (χ4v) is 3.39. The highest BCUT2D eigenvalue weighted by molar-refractivity contribution is 5.02. The molecular formula is C20H40O5. The first-order valence-electron chi connectivity index (χ1n) is 9.97. The molecule has 25 heavy (non-hydrogen) atoms. The van der Waals surface area contributed by atoms with E-state index in [0.717, 1.165) is 38.5 Å². The van der Waals surface area contributed by atoms with Gasteiger partial charge in [-0.05, 0) is 53.4 Å². The first-order chi connectivity index (χ1) is 11.7. The molecule has 0 bridgehead atoms. The summed E-state index contributed by atoms with van der Waals surface area (Å²) in [4.78, 5) is 0. The van der Waals surface area contributed by atoms with Crippen molar-refractivity contribution in [2.24, 2.45) is 0 Å². The van der Waals surface area contributed by atoms with Crippen molar-refractivity contribution in [1.29, 1.82) is 0 Å². The lowest BCUT2D eigenvalue weighted by atomic mass is 9.81. The van der Waals surface area contributed by atoms with Crippen molar-refractivity contribution < 1.29 is 24.1 Å². The number of aliphatic hydroxyl groups excluding tert-OH is 1. The van der Waals surface area contributed by atoms with Crippen LogP contribution in [0.2, 0.25) is 0 Å². The van der Waals surface area contributed by atoms with Gasteiger partial charge in [-0.3, -0.25) is 0 Å². The van der Waals surface area contributed by atoms with Gasteiger partial charge in [0, 0.05) is 13.0 Å². The predicted molar refractivity (Wildman–Crippen MR) is 99.5 cm³/mol. The second kappa shape index (κ2) is 9.65. The zero-order valence-electron chi connectivity index (χ0n) is 17.4. The summed E-state index contributed by atoms with van der Waals surface area (Å²) in [5.41, 5.74) is -0.938. The lowest BCUT2D eigenvalue weighted by molar-refractivity contribution is -0.331. The molecule has 0 aromatic carbocycles. The number of unbranched alkanes of at least 4 members (excludes halogenated alkanes) is 1. The van der Waals surface area contributed by atoms with Crippen LogP contribution < -0.4 is 0 Å². The molecular weight excluding hydrogens is 320 g/mol. The Bertz CT molecular complexity index is 388. The molecule has 1 fully saturated rings. The summed E-state index contributed by atoms with van der Waals surface area (Å²) in [6.45, 7) is 15.2. The van der Waals surface area contributed by atoms with Crippen LogP contribution in [-0.2, 0) is 18.9 Å². The fraction of sp³-hybridized carbons (Fsp3) is 1.00. The summed E-state index contributed by atoms with van der Waals surface area (Å²) in [5.74, 6) is -0.634. The summed E-state index contributed by atoms with van der Waals surface area (Å²) in [5, 5.41) is 9.60. The average molecular weight is 361 g/mol. The molecule has 0 unspecified atom stereocenters. The number of rotatable bonds is 12. The zero-order chi connectivity index (χ0) is 19.1. The highest BCUT2D eigenvalue weighted by Crippen LogP contribution is 2.49. The molecule has 1 saturated heterocycles. The van der Waals surface area contributed by atoms with E-state index in [1.807, 2.05) is 6.92 Å². The maximum atomic E-state index is 9.60. The summed E-state index contributed by atoms with van der Waals surface area (Å²) in [6, 6.07) is 0. The number of hydrogen-bond donors (Lipinski definition) is 1. The van der Waals surface area contributed by atoms with Crippen LogP contribution in [0.25, 0.3) is 0 Å². The highest BCUT2D eigenvalue weighted by Gasteiger charge is 2.56. The van der Waals surface area contributed by atoms with Gasteiger partial charge < -0.3 is 24.1 Å². The molecule has 1 rings (SSSR count). The molecule has 0 amide bonds. The molecule has 0 aliphatic carbocycles. The summed E-state index contributed by atoms with van der Waals surface area (Å²) in [7, 11) is 0. The molecule has 0 radical (unpaired) electrons. The van der Waals surface area contributed by atoms with Gasteiger partial charge in [0.15, 0.2) is 12.1 Å². The van der Waals surface area contributed by atoms with Crippen LogP contribution in [-0.4, -0.2) is 47.7 Å². The van der Waals surface area contributed by atoms with Gasteiger partial charge in [-0.25, -0.2) is 0 Å². The van der Waals surface area contributed by atoms with E-state index in [-0.39, 0.29) is 6.29 Å². The van der Waals surface area contributed by atoms with Crippen molar-refractivity contribution >= 4 is 0 Å². The second-order valence-corrected chi connectivity index (χ2v) is 7.75. The van der Waals surface area contributed by atoms with Crippen molar-refractivity contribution in [3.05, 3.63) is 0 Å². The predicted octanol–water partition coefficient (Wildman–Crippen LogP) is 4.41. The molecule has 1 aliphatic heterocycles. The van der Waals surface area contributed by atoms with Crippen molar-refractivity contribution in [3.63, 3.8) is 0 Å². The van der Waals surface area contributed by atoms with Crippen LogP contribution in [0.4, 0.5) is 0 Å². The van der Waals surface area contributed by atoms with Crippen molar-refractivity contribution in [1.82, 2.24) is 0 Å². The number of aliphatic hydroxyl groups is 1. The molecule has 150 valence electrons. The standard InChI is InChI=1S/C20H40O5/c1-8-11-14-22-17(5)24-20(10-3)13-12-19(7,25-20)18(6,9-2)23-15-16(4)21/h16-17,21H,8-15H2,1-7H3/t16-,17-,18-,19+,20+/m1/s1. The molecule has 5 nitrogen and oxygen atoms in total. The van der Waals surface area contributed by atoms with Gasteiger partial charge >= 0.3 is 0 Å². The molecule has 0 saturated carbocycles. The smallest absolute Gasteiger partial charge is 0.172 e. The van der Waals surface area contributed by atoms with Gasteiger partial charge in [-0.1, -0.05) is 27.2 Å². The van der Waals surface area contributed by atoms with Gasteiger partial charge in [-0.2, -0.15) is 0 Å². The number of ether oxygens (including phenoxy) is 4. The molecule has 0 aromatic rings. The van der Waals surface area contributed by atoms with E-state index in [9.17, 15) is 5.11 Å². The molecule has 0 aromatic heterocycles. The maximum absolute atomic E-state index is 9.60. The third kappa shape index (κ3) is 5.90. The summed E-state index contributed by atoms with van der Waals surface area (Å²) in [6.07, 6.45) is 4.60. The highest BCUT2D eigenvalue weighted by atomic mass is 16.8. The average Bonchev–Trinajstić information content (AvgIpc) is 2.92. The van der Waals surface area contributed by atoms with Gasteiger partial charge in [0.1, 0.15) is 0 Å². The Morgan fingerprint density at radius 1 is 1.20 bits per heavy atom. The molecule has 5 atom stereocenters. The van der Waals surface area contributed by atoms with E-state index in [1.165, 1.54) is 0 Å². The van der Waals surface area contributed by atoms with E-state index in [2.05, 4.69) is 34.6 Å². The number of hydrogen-bond acceptors (Lipinski definition) is 5. The Morgan fingerprint density at radius 2 is 1.88 bits per heavy atom. The quantitative estimate of drug-likeness (QED) is 0.413. The topological polar surface area (TPSA) is 57.2 Å². The van der Waals surface area contributed by atoms with E-state index >= 15 is 0 Å². The van der Waals surface area contributed by atoms with Gasteiger partial charge in [0.2, 0.25) is 0 Å². The summed E-state index contributed by atoms with van der Waals surface area (Å²) >= 11 is 0. The lowest BCUT2D eigenvalue weighted by Gasteiger charge is -2.45. The molecule has 1 aliphatic rings. The van der Waals surface area contributed by atoms with E-state index < -0.39 is 23.1 Å². The van der Waals surface area contributed by atoms with Crippen LogP contribution in [0, 0.1) is 0 Å². The lowest BCUT2D eigenvalue weighted by Crippen LogP contribution is -2.54. The summed E-state index contributed by atoms with van der Waals surface area (Å²) < 4.78 is 24.6. The SMILES string of the molecule is CCCCO[C@@H](C)O[C@]1(CC)CC[C@@](C)([C@@](C)(CC)OC[C@@H](C)O)O1. The van der Waals surface area contributed by atoms with Gasteiger partial charge in [0.05, 0.1) is 23.9 Å². The largest absolute Gasteiger partial charge is 0.391 e. The van der Waals surface area contributed by atoms with E-state index in [0.29, 0.717) is 13.2 Å². The monoisotopic (exact) mass is 360 g/mol. The Balaban J connectivity index is 2.78. The van der Waals surface area contributed by atoms with Gasteiger partial charge in [-0.15, -0.1) is 0 Å². The normalized spacial score (nSPS) is 31.7. The van der Waals surface area contributed by atoms with Crippen LogP contribution >= 0.6 is 0 Å². The van der Waals surface area contributed by atoms with Crippen LogP contribution in [0.15, 0.2) is 0 Å². The molecule has 5 heteroatoms. The Morgan fingerprint density at radius 3 is 2.40 bits per heavy atom.